The molecule has 0 aliphatic carbocycles. The van der Waals surface area contributed by atoms with Crippen LogP contribution in [0.1, 0.15) is 0 Å². The van der Waals surface area contributed by atoms with E-state index < -0.39 is 34.6 Å². The van der Waals surface area contributed by atoms with Gasteiger partial charge in [0.15, 0.2) is 18.1 Å². The van der Waals surface area contributed by atoms with E-state index in [4.69, 9.17) is 18.9 Å². The molecule has 2 aromatic carbocycles. The molecule has 0 radical (unpaired) electrons. The summed E-state index contributed by atoms with van der Waals surface area (Å²) in [5.74, 6) is -0.403. The molecule has 11 heteroatoms. The van der Waals surface area contributed by atoms with Crippen LogP contribution < -0.4 is 14.8 Å². The lowest BCUT2D eigenvalue weighted by Gasteiger charge is -2.26. The fourth-order valence-electron chi connectivity index (χ4n) is 3.23. The number of sulfonamides is 1. The van der Waals surface area contributed by atoms with E-state index in [-0.39, 0.29) is 30.3 Å². The summed E-state index contributed by atoms with van der Waals surface area (Å²) in [5, 5.41) is 2.54. The number of fused-ring (bicyclic) bond motifs is 1. The number of hydrogen-bond acceptors (Lipinski definition) is 8. The van der Waals surface area contributed by atoms with Gasteiger partial charge in [0.25, 0.3) is 5.91 Å². The summed E-state index contributed by atoms with van der Waals surface area (Å²) in [6.45, 7) is 0.628. The molecule has 2 aliphatic rings. The van der Waals surface area contributed by atoms with E-state index in [2.05, 4.69) is 5.32 Å². The molecule has 2 aromatic rings. The van der Waals surface area contributed by atoms with Gasteiger partial charge >= 0.3 is 5.97 Å². The Labute approximate surface area is 185 Å². The molecule has 1 amide bonds. The normalized spacial score (nSPS) is 18.6. The molecule has 2 aliphatic heterocycles. The molecular weight excluding hydrogens is 440 g/mol. The number of amides is 1. The van der Waals surface area contributed by atoms with Crippen LogP contribution in [-0.4, -0.2) is 70.2 Å². The summed E-state index contributed by atoms with van der Waals surface area (Å²) in [4.78, 5) is 24.5. The molecule has 1 unspecified atom stereocenters. The summed E-state index contributed by atoms with van der Waals surface area (Å²) in [7, 11) is -3.70. The van der Waals surface area contributed by atoms with Crippen molar-refractivity contribution in [2.45, 2.75) is 11.0 Å². The third-order valence-corrected chi connectivity index (χ3v) is 6.74. The van der Waals surface area contributed by atoms with Crippen LogP contribution in [0.5, 0.6) is 11.5 Å². The highest BCUT2D eigenvalue weighted by Crippen LogP contribution is 2.31. The number of para-hydroxylation sites is 2. The number of rotatable bonds is 6. The van der Waals surface area contributed by atoms with Crippen molar-refractivity contribution in [3.05, 3.63) is 48.5 Å². The van der Waals surface area contributed by atoms with Crippen LogP contribution in [0.2, 0.25) is 0 Å². The minimum atomic E-state index is -3.70. The highest BCUT2D eigenvalue weighted by Gasteiger charge is 2.29. The molecule has 32 heavy (non-hydrogen) atoms. The first-order valence-corrected chi connectivity index (χ1v) is 11.4. The second-order valence-electron chi connectivity index (χ2n) is 7.06. The molecule has 0 bridgehead atoms. The van der Waals surface area contributed by atoms with Crippen molar-refractivity contribution in [1.82, 2.24) is 4.31 Å². The van der Waals surface area contributed by atoms with Gasteiger partial charge in [-0.25, -0.2) is 13.2 Å². The number of nitrogens with zero attached hydrogens (tertiary/aromatic N) is 1. The number of hydrogen-bond donors (Lipinski definition) is 1. The second-order valence-corrected chi connectivity index (χ2v) is 9.00. The van der Waals surface area contributed by atoms with Crippen LogP contribution in [0.25, 0.3) is 0 Å². The number of benzene rings is 2. The molecule has 0 spiro atoms. The zero-order chi connectivity index (χ0) is 22.6. The van der Waals surface area contributed by atoms with E-state index >= 15 is 0 Å². The van der Waals surface area contributed by atoms with Gasteiger partial charge in [-0.3, -0.25) is 4.79 Å². The molecular formula is C21H22N2O8S. The van der Waals surface area contributed by atoms with Gasteiger partial charge in [0.1, 0.15) is 6.61 Å². The van der Waals surface area contributed by atoms with E-state index in [1.54, 1.807) is 30.3 Å². The monoisotopic (exact) mass is 462 g/mol. The third kappa shape index (κ3) is 5.01. The topological polar surface area (TPSA) is 120 Å². The lowest BCUT2D eigenvalue weighted by atomic mass is 10.2. The van der Waals surface area contributed by atoms with Gasteiger partial charge in [-0.05, 0) is 30.3 Å². The smallest absolute Gasteiger partial charge is 0.351 e. The van der Waals surface area contributed by atoms with Crippen LogP contribution in [0, 0.1) is 0 Å². The van der Waals surface area contributed by atoms with E-state index in [0.717, 1.165) is 0 Å². The summed E-state index contributed by atoms with van der Waals surface area (Å²) in [6, 6.07) is 12.8. The third-order valence-electron chi connectivity index (χ3n) is 4.84. The molecule has 1 saturated heterocycles. The van der Waals surface area contributed by atoms with Crippen molar-refractivity contribution >= 4 is 27.6 Å². The zero-order valence-corrected chi connectivity index (χ0v) is 17.9. The fourth-order valence-corrected chi connectivity index (χ4v) is 4.69. The number of esters is 1. The first-order chi connectivity index (χ1) is 15.4. The Morgan fingerprint density at radius 3 is 2.59 bits per heavy atom. The number of ether oxygens (including phenoxy) is 4. The maximum absolute atomic E-state index is 12.8. The average Bonchev–Trinajstić information content (AvgIpc) is 2.83. The van der Waals surface area contributed by atoms with Crippen molar-refractivity contribution in [3.63, 3.8) is 0 Å². The van der Waals surface area contributed by atoms with Crippen LogP contribution in [0.4, 0.5) is 5.69 Å². The number of carbonyl (C=O) groups excluding carboxylic acids is 2. The molecule has 1 fully saturated rings. The van der Waals surface area contributed by atoms with Crippen molar-refractivity contribution in [3.8, 4) is 11.5 Å². The molecule has 2 heterocycles. The largest absolute Gasteiger partial charge is 0.485 e. The Kier molecular flexibility index (Phi) is 6.58. The summed E-state index contributed by atoms with van der Waals surface area (Å²) < 4.78 is 48.1. The van der Waals surface area contributed by atoms with E-state index in [9.17, 15) is 18.0 Å². The van der Waals surface area contributed by atoms with Crippen LogP contribution in [0.3, 0.4) is 0 Å². The van der Waals surface area contributed by atoms with Crippen LogP contribution in [-0.2, 0) is 29.1 Å². The lowest BCUT2D eigenvalue weighted by molar-refractivity contribution is -0.156. The number of carbonyl (C=O) groups is 2. The van der Waals surface area contributed by atoms with Gasteiger partial charge < -0.3 is 24.3 Å². The number of anilines is 1. The highest BCUT2D eigenvalue weighted by molar-refractivity contribution is 7.89. The van der Waals surface area contributed by atoms with Crippen LogP contribution >= 0.6 is 0 Å². The molecule has 10 nitrogen and oxygen atoms in total. The minimum Gasteiger partial charge on any atom is -0.485 e. The predicted octanol–water partition coefficient (Wildman–Crippen LogP) is 1.03. The molecule has 170 valence electrons. The average molecular weight is 462 g/mol. The highest BCUT2D eigenvalue weighted by atomic mass is 32.2. The SMILES string of the molecule is O=C(COC(=O)C1COc2ccccc2O1)Nc1cccc(S(=O)(=O)N2CCOCC2)c1. The Hall–Kier alpha value is -3.15. The Balaban J connectivity index is 1.32. The fraction of sp³-hybridized carbons (Fsp3) is 0.333. The molecule has 0 aromatic heterocycles. The molecule has 0 saturated carbocycles. The Morgan fingerprint density at radius 1 is 1.06 bits per heavy atom. The second kappa shape index (κ2) is 9.55. The molecule has 1 atom stereocenters. The number of nitrogens with one attached hydrogen (secondary N) is 1. The number of morpholine rings is 1. The quantitative estimate of drug-likeness (QED) is 0.632. The minimum absolute atomic E-state index is 0.0289. The van der Waals surface area contributed by atoms with E-state index in [1.807, 2.05) is 0 Å². The van der Waals surface area contributed by atoms with Crippen LogP contribution in [0.15, 0.2) is 53.4 Å². The van der Waals surface area contributed by atoms with Gasteiger partial charge in [-0.2, -0.15) is 4.31 Å². The Morgan fingerprint density at radius 2 is 1.81 bits per heavy atom. The lowest BCUT2D eigenvalue weighted by Crippen LogP contribution is -2.40. The van der Waals surface area contributed by atoms with Gasteiger partial charge in [-0.15, -0.1) is 0 Å². The first kappa shape index (κ1) is 22.1. The van der Waals surface area contributed by atoms with E-state index in [1.165, 1.54) is 22.5 Å². The predicted molar refractivity (Wildman–Crippen MR) is 112 cm³/mol. The maximum Gasteiger partial charge on any atom is 0.351 e. The van der Waals surface area contributed by atoms with Gasteiger partial charge in [0, 0.05) is 18.8 Å². The zero-order valence-electron chi connectivity index (χ0n) is 17.1. The summed E-state index contributed by atoms with van der Waals surface area (Å²) in [6.07, 6.45) is -0.986. The summed E-state index contributed by atoms with van der Waals surface area (Å²) >= 11 is 0. The van der Waals surface area contributed by atoms with Crippen molar-refractivity contribution in [1.29, 1.82) is 0 Å². The van der Waals surface area contributed by atoms with Gasteiger partial charge in [-0.1, -0.05) is 18.2 Å². The Bertz CT molecular complexity index is 1100. The maximum atomic E-state index is 12.8. The standard InChI is InChI=1S/C21H22N2O8S/c24-20(14-30-21(25)19-13-29-17-6-1-2-7-18(17)31-19)22-15-4-3-5-16(12-15)32(26,27)23-8-10-28-11-9-23/h1-7,12,19H,8-11,13-14H2,(H,22,24). The summed E-state index contributed by atoms with van der Waals surface area (Å²) in [5.41, 5.74) is 0.270. The van der Waals surface area contributed by atoms with Crippen molar-refractivity contribution in [2.75, 3.05) is 44.8 Å². The first-order valence-electron chi connectivity index (χ1n) is 9.96. The van der Waals surface area contributed by atoms with Gasteiger partial charge in [0.05, 0.1) is 18.1 Å². The van der Waals surface area contributed by atoms with Gasteiger partial charge in [0.2, 0.25) is 16.1 Å². The van der Waals surface area contributed by atoms with E-state index in [0.29, 0.717) is 24.7 Å². The molecule has 1 N–H and O–H groups in total. The molecule has 4 rings (SSSR count). The van der Waals surface area contributed by atoms with Crippen molar-refractivity contribution in [2.24, 2.45) is 0 Å². The van der Waals surface area contributed by atoms with Crippen molar-refractivity contribution < 1.29 is 37.0 Å².